The Morgan fingerprint density at radius 3 is 2.74 bits per heavy atom. The summed E-state index contributed by atoms with van der Waals surface area (Å²) in [5.74, 6) is -0.788. The van der Waals surface area contributed by atoms with Crippen LogP contribution in [0.4, 0.5) is 4.39 Å². The van der Waals surface area contributed by atoms with Crippen LogP contribution in [0.15, 0.2) is 29.7 Å². The number of amides is 2. The molecule has 0 aromatic heterocycles. The lowest BCUT2D eigenvalue weighted by Crippen LogP contribution is -2.40. The first-order valence-electron chi connectivity index (χ1n) is 10.9. The molecule has 0 bridgehead atoms. The molecule has 3 rings (SSSR count). The summed E-state index contributed by atoms with van der Waals surface area (Å²) in [6.07, 6.45) is 6.57. The van der Waals surface area contributed by atoms with Gasteiger partial charge in [0, 0.05) is 17.7 Å². The van der Waals surface area contributed by atoms with Gasteiger partial charge in [-0.1, -0.05) is 19.1 Å². The van der Waals surface area contributed by atoms with Crippen LogP contribution in [0.25, 0.3) is 0 Å². The van der Waals surface area contributed by atoms with Crippen LogP contribution >= 0.6 is 0 Å². The third-order valence-corrected chi connectivity index (χ3v) is 7.33. The van der Waals surface area contributed by atoms with Crippen LogP contribution in [0.1, 0.15) is 63.4 Å². The molecule has 1 aromatic rings. The predicted octanol–water partition coefficient (Wildman–Crippen LogP) is 3.87. The number of benzene rings is 1. The third-order valence-electron chi connectivity index (χ3n) is 5.76. The summed E-state index contributed by atoms with van der Waals surface area (Å²) < 4.78 is 44.4. The van der Waals surface area contributed by atoms with Crippen LogP contribution in [0.5, 0.6) is 5.75 Å². The first kappa shape index (κ1) is 23.4. The van der Waals surface area contributed by atoms with Crippen LogP contribution < -0.4 is 10.1 Å². The number of carbonyl (C=O) groups is 2. The van der Waals surface area contributed by atoms with E-state index >= 15 is 0 Å². The molecule has 0 radical (unpaired) electrons. The van der Waals surface area contributed by atoms with E-state index in [-0.39, 0.29) is 35.2 Å². The summed E-state index contributed by atoms with van der Waals surface area (Å²) in [7, 11) is -3.43. The molecule has 2 atom stereocenters. The average Bonchev–Trinajstić information content (AvgIpc) is 3.52. The van der Waals surface area contributed by atoms with Crippen molar-refractivity contribution in [3.8, 4) is 5.75 Å². The fraction of sp³-hybridized carbons (Fsp3) is 0.565. The Kier molecular flexibility index (Phi) is 7.86. The standard InChI is InChI=1S/C23H30FNO5S/c1-16(19-8-10-20(24)21(13-19)30-14-17-6-7-17)15-31(28,29)12-4-2-3-5-18-9-11-22(26)25-23(18)27/h4,8,10,12-13,16-18H,2-3,5-7,9,11,14-15H2,1H3,(H,25,26,27)/b12-4+. The SMILES string of the molecule is CC(CS(=O)(=O)/C=C/CCCC1CCC(=O)NC1=O)c1ccc(F)c(OCC2CC2)c1. The molecule has 1 aromatic carbocycles. The van der Waals surface area contributed by atoms with Gasteiger partial charge in [-0.3, -0.25) is 14.9 Å². The smallest absolute Gasteiger partial charge is 0.229 e. The van der Waals surface area contributed by atoms with Crippen molar-refractivity contribution in [3.05, 3.63) is 41.1 Å². The second-order valence-electron chi connectivity index (χ2n) is 8.63. The highest BCUT2D eigenvalue weighted by Crippen LogP contribution is 2.31. The third kappa shape index (κ3) is 7.45. The van der Waals surface area contributed by atoms with E-state index in [4.69, 9.17) is 4.74 Å². The Balaban J connectivity index is 1.46. The van der Waals surface area contributed by atoms with Crippen LogP contribution in [0.2, 0.25) is 0 Å². The molecule has 170 valence electrons. The largest absolute Gasteiger partial charge is 0.490 e. The molecular formula is C23H30FNO5S. The second kappa shape index (κ2) is 10.4. The second-order valence-corrected chi connectivity index (χ2v) is 10.6. The summed E-state index contributed by atoms with van der Waals surface area (Å²) in [4.78, 5) is 22.9. The molecular weight excluding hydrogens is 421 g/mol. The van der Waals surface area contributed by atoms with E-state index in [1.807, 2.05) is 0 Å². The Hall–Kier alpha value is -2.22. The summed E-state index contributed by atoms with van der Waals surface area (Å²) in [5.41, 5.74) is 0.724. The van der Waals surface area contributed by atoms with Crippen molar-refractivity contribution in [2.75, 3.05) is 12.4 Å². The van der Waals surface area contributed by atoms with Gasteiger partial charge < -0.3 is 4.74 Å². The van der Waals surface area contributed by atoms with E-state index in [1.54, 1.807) is 25.1 Å². The van der Waals surface area contributed by atoms with Gasteiger partial charge in [0.15, 0.2) is 21.4 Å². The van der Waals surface area contributed by atoms with Gasteiger partial charge in [0.1, 0.15) is 0 Å². The highest BCUT2D eigenvalue weighted by atomic mass is 32.2. The fourth-order valence-electron chi connectivity index (χ4n) is 3.64. The molecule has 2 unspecified atom stereocenters. The molecule has 6 nitrogen and oxygen atoms in total. The number of ether oxygens (including phenoxy) is 1. The average molecular weight is 452 g/mol. The van der Waals surface area contributed by atoms with Gasteiger partial charge in [-0.2, -0.15) is 0 Å². The molecule has 2 amide bonds. The lowest BCUT2D eigenvalue weighted by molar-refractivity contribution is -0.136. The van der Waals surface area contributed by atoms with Gasteiger partial charge in [0.25, 0.3) is 0 Å². The van der Waals surface area contributed by atoms with Crippen molar-refractivity contribution in [2.45, 2.75) is 57.8 Å². The van der Waals surface area contributed by atoms with E-state index in [0.29, 0.717) is 44.6 Å². The molecule has 1 aliphatic carbocycles. The first-order chi connectivity index (χ1) is 14.7. The maximum atomic E-state index is 14.0. The molecule has 1 saturated carbocycles. The lowest BCUT2D eigenvalue weighted by Gasteiger charge is -2.20. The van der Waals surface area contributed by atoms with Crippen LogP contribution in [-0.4, -0.2) is 32.6 Å². The number of imide groups is 1. The van der Waals surface area contributed by atoms with Gasteiger partial charge in [-0.05, 0) is 68.1 Å². The summed E-state index contributed by atoms with van der Waals surface area (Å²) in [5, 5.41) is 3.56. The zero-order valence-corrected chi connectivity index (χ0v) is 18.6. The molecule has 2 aliphatic rings. The number of carbonyl (C=O) groups excluding carboxylic acids is 2. The summed E-state index contributed by atoms with van der Waals surface area (Å²) in [6.45, 7) is 2.29. The maximum absolute atomic E-state index is 14.0. The minimum Gasteiger partial charge on any atom is -0.490 e. The molecule has 1 N–H and O–H groups in total. The minimum absolute atomic E-state index is 0.0790. The molecule has 1 heterocycles. The molecule has 2 fully saturated rings. The van der Waals surface area contributed by atoms with Crippen molar-refractivity contribution >= 4 is 21.7 Å². The van der Waals surface area contributed by atoms with Crippen molar-refractivity contribution in [1.82, 2.24) is 5.32 Å². The topological polar surface area (TPSA) is 89.5 Å². The quantitative estimate of drug-likeness (QED) is 0.407. The number of piperidine rings is 1. The van der Waals surface area contributed by atoms with Gasteiger partial charge in [0.05, 0.1) is 12.4 Å². The number of sulfone groups is 1. The highest BCUT2D eigenvalue weighted by molar-refractivity contribution is 7.94. The number of rotatable bonds is 11. The van der Waals surface area contributed by atoms with Crippen LogP contribution in [0.3, 0.4) is 0 Å². The number of allylic oxidation sites excluding steroid dienone is 1. The number of unbranched alkanes of at least 4 members (excludes halogenated alkanes) is 1. The Bertz CT molecular complexity index is 939. The van der Waals surface area contributed by atoms with Gasteiger partial charge in [0.2, 0.25) is 11.8 Å². The van der Waals surface area contributed by atoms with Gasteiger partial charge >= 0.3 is 0 Å². The van der Waals surface area contributed by atoms with Gasteiger partial charge in [-0.25, -0.2) is 12.8 Å². The van der Waals surface area contributed by atoms with E-state index in [1.165, 1.54) is 11.5 Å². The van der Waals surface area contributed by atoms with E-state index in [0.717, 1.165) is 18.4 Å². The van der Waals surface area contributed by atoms with Crippen molar-refractivity contribution < 1.29 is 27.1 Å². The predicted molar refractivity (Wildman–Crippen MR) is 116 cm³/mol. The summed E-state index contributed by atoms with van der Waals surface area (Å²) >= 11 is 0. The minimum atomic E-state index is -3.43. The fourth-order valence-corrected chi connectivity index (χ4v) is 5.07. The van der Waals surface area contributed by atoms with Crippen LogP contribution in [-0.2, 0) is 19.4 Å². The highest BCUT2D eigenvalue weighted by Gasteiger charge is 2.26. The Morgan fingerprint density at radius 2 is 2.03 bits per heavy atom. The number of nitrogens with one attached hydrogen (secondary N) is 1. The van der Waals surface area contributed by atoms with Gasteiger partial charge in [-0.15, -0.1) is 0 Å². The zero-order chi connectivity index (χ0) is 22.4. The zero-order valence-electron chi connectivity index (χ0n) is 17.8. The van der Waals surface area contributed by atoms with Crippen molar-refractivity contribution in [2.24, 2.45) is 11.8 Å². The first-order valence-corrected chi connectivity index (χ1v) is 12.6. The molecule has 8 heteroatoms. The van der Waals surface area contributed by atoms with Crippen LogP contribution in [0, 0.1) is 17.7 Å². The van der Waals surface area contributed by atoms with E-state index < -0.39 is 15.7 Å². The normalized spacial score (nSPS) is 20.6. The van der Waals surface area contributed by atoms with Crippen molar-refractivity contribution in [1.29, 1.82) is 0 Å². The number of hydrogen-bond donors (Lipinski definition) is 1. The lowest BCUT2D eigenvalue weighted by atomic mass is 9.93. The van der Waals surface area contributed by atoms with E-state index in [2.05, 4.69) is 5.32 Å². The molecule has 1 saturated heterocycles. The van der Waals surface area contributed by atoms with E-state index in [9.17, 15) is 22.4 Å². The maximum Gasteiger partial charge on any atom is 0.229 e. The molecule has 1 aliphatic heterocycles. The Labute approximate surface area is 183 Å². The Morgan fingerprint density at radius 1 is 1.26 bits per heavy atom. The molecule has 0 spiro atoms. The summed E-state index contributed by atoms with van der Waals surface area (Å²) in [6, 6.07) is 4.52. The monoisotopic (exact) mass is 451 g/mol. The molecule has 31 heavy (non-hydrogen) atoms. The van der Waals surface area contributed by atoms with Crippen molar-refractivity contribution in [3.63, 3.8) is 0 Å². The number of halogens is 1. The number of hydrogen-bond acceptors (Lipinski definition) is 5.